The second-order valence-electron chi connectivity index (χ2n) is 6.27. The molecule has 24 heavy (non-hydrogen) atoms. The van der Waals surface area contributed by atoms with E-state index in [-0.39, 0.29) is 37.8 Å². The molecule has 1 N–H and O–H groups in total. The van der Waals surface area contributed by atoms with Crippen molar-refractivity contribution in [3.05, 3.63) is 0 Å². The van der Waals surface area contributed by atoms with Crippen LogP contribution in [-0.2, 0) is 14.8 Å². The maximum Gasteiger partial charge on any atom is 0.237 e. The van der Waals surface area contributed by atoms with Crippen molar-refractivity contribution in [3.63, 3.8) is 0 Å². The molecular weight excluding hydrogens is 359 g/mol. The third kappa shape index (κ3) is 4.36. The minimum atomic E-state index is -3.38. The molecule has 0 aromatic carbocycles. The van der Waals surface area contributed by atoms with Gasteiger partial charge >= 0.3 is 0 Å². The van der Waals surface area contributed by atoms with Gasteiger partial charge in [-0.15, -0.1) is 12.4 Å². The molecule has 0 bridgehead atoms. The Morgan fingerprint density at radius 1 is 1.46 bits per heavy atom. The predicted molar refractivity (Wildman–Crippen MR) is 89.7 cm³/mol. The highest BCUT2D eigenvalue weighted by Gasteiger charge is 2.38. The topological polar surface area (TPSA) is 93.5 Å². The lowest BCUT2D eigenvalue weighted by Crippen LogP contribution is -2.50. The first-order valence-electron chi connectivity index (χ1n) is 7.84. The van der Waals surface area contributed by atoms with Crippen LogP contribution in [0.3, 0.4) is 0 Å². The zero-order valence-electron chi connectivity index (χ0n) is 13.8. The minimum Gasteiger partial charge on any atom is -0.323 e. The summed E-state index contributed by atoms with van der Waals surface area (Å²) in [5.41, 5.74) is 0. The molecule has 1 unspecified atom stereocenters. The van der Waals surface area contributed by atoms with E-state index in [2.05, 4.69) is 5.32 Å². The molecule has 0 spiro atoms. The molecule has 2 aliphatic heterocycles. The van der Waals surface area contributed by atoms with Crippen molar-refractivity contribution < 1.29 is 17.6 Å². The van der Waals surface area contributed by atoms with E-state index in [1.165, 1.54) is 9.21 Å². The number of likely N-dealkylation sites (tertiary alicyclic amines) is 1. The number of nitrogens with zero attached hydrogens (tertiary/aromatic N) is 3. The summed E-state index contributed by atoms with van der Waals surface area (Å²) in [5, 5.41) is 11.4. The largest absolute Gasteiger partial charge is 0.323 e. The van der Waals surface area contributed by atoms with Crippen molar-refractivity contribution in [1.82, 2.24) is 14.5 Å². The van der Waals surface area contributed by atoms with Crippen LogP contribution in [-0.4, -0.2) is 66.8 Å². The van der Waals surface area contributed by atoms with Crippen LogP contribution >= 0.6 is 12.4 Å². The number of hydrogen-bond donors (Lipinski definition) is 1. The molecule has 2 saturated heterocycles. The summed E-state index contributed by atoms with van der Waals surface area (Å²) < 4.78 is 39.3. The lowest BCUT2D eigenvalue weighted by molar-refractivity contribution is -0.130. The standard InChI is InChI=1S/C14H23FN4O3S.ClH/c1-10(2)23(21,22)19-5-3-4-13(19)17-8-14(20)18-9-11(15)6-12(18)7-16;/h10-13,17H,3-6,8-9H2,1-2H3;1H/t11-,12-,13?;/m0./s1. The molecule has 0 saturated carbocycles. The molecule has 0 aromatic heterocycles. The van der Waals surface area contributed by atoms with Crippen molar-refractivity contribution in [3.8, 4) is 6.07 Å². The van der Waals surface area contributed by atoms with E-state index < -0.39 is 33.7 Å². The van der Waals surface area contributed by atoms with Crippen LogP contribution < -0.4 is 5.32 Å². The molecule has 138 valence electrons. The molecule has 10 heteroatoms. The molecule has 2 heterocycles. The smallest absolute Gasteiger partial charge is 0.237 e. The van der Waals surface area contributed by atoms with Gasteiger partial charge in [0, 0.05) is 13.0 Å². The summed E-state index contributed by atoms with van der Waals surface area (Å²) in [6.07, 6.45) is -0.190. The third-order valence-corrected chi connectivity index (χ3v) is 6.62. The lowest BCUT2D eigenvalue weighted by Gasteiger charge is -2.27. The molecule has 0 radical (unpaired) electrons. The van der Waals surface area contributed by atoms with Crippen LogP contribution in [0, 0.1) is 11.3 Å². The van der Waals surface area contributed by atoms with Crippen LogP contribution in [0.25, 0.3) is 0 Å². The molecular formula is C14H24ClFN4O3S. The van der Waals surface area contributed by atoms with Crippen molar-refractivity contribution >= 4 is 28.3 Å². The van der Waals surface area contributed by atoms with Gasteiger partial charge in [0.25, 0.3) is 0 Å². The van der Waals surface area contributed by atoms with Crippen LogP contribution in [0.1, 0.15) is 33.1 Å². The molecule has 0 aliphatic carbocycles. The second kappa shape index (κ2) is 8.43. The predicted octanol–water partition coefficient (Wildman–Crippen LogP) is 0.620. The first-order chi connectivity index (χ1) is 10.8. The van der Waals surface area contributed by atoms with Crippen LogP contribution in [0.5, 0.6) is 0 Å². The Kier molecular flexibility index (Phi) is 7.41. The highest BCUT2D eigenvalue weighted by molar-refractivity contribution is 7.89. The van der Waals surface area contributed by atoms with Crippen molar-refractivity contribution in [2.24, 2.45) is 0 Å². The number of nitriles is 1. The molecule has 1 amide bonds. The van der Waals surface area contributed by atoms with Gasteiger partial charge in [-0.05, 0) is 26.7 Å². The van der Waals surface area contributed by atoms with Gasteiger partial charge in [0.1, 0.15) is 12.2 Å². The molecule has 7 nitrogen and oxygen atoms in total. The van der Waals surface area contributed by atoms with E-state index in [4.69, 9.17) is 5.26 Å². The Morgan fingerprint density at radius 3 is 2.71 bits per heavy atom. The Morgan fingerprint density at radius 2 is 2.12 bits per heavy atom. The first-order valence-corrected chi connectivity index (χ1v) is 9.35. The van der Waals surface area contributed by atoms with Gasteiger partial charge in [0.15, 0.2) is 0 Å². The quantitative estimate of drug-likeness (QED) is 0.752. The zero-order valence-corrected chi connectivity index (χ0v) is 15.4. The van der Waals surface area contributed by atoms with E-state index in [9.17, 15) is 17.6 Å². The van der Waals surface area contributed by atoms with E-state index >= 15 is 0 Å². The molecule has 2 fully saturated rings. The van der Waals surface area contributed by atoms with Crippen LogP contribution in [0.15, 0.2) is 0 Å². The van der Waals surface area contributed by atoms with Gasteiger partial charge in [0.05, 0.1) is 30.6 Å². The second-order valence-corrected chi connectivity index (χ2v) is 8.71. The number of carbonyl (C=O) groups is 1. The maximum atomic E-state index is 13.4. The Labute approximate surface area is 148 Å². The van der Waals surface area contributed by atoms with Crippen LogP contribution in [0.2, 0.25) is 0 Å². The molecule has 3 atom stereocenters. The van der Waals surface area contributed by atoms with Crippen LogP contribution in [0.4, 0.5) is 4.39 Å². The first kappa shape index (κ1) is 21.1. The summed E-state index contributed by atoms with van der Waals surface area (Å²) in [5.74, 6) is -0.370. The fourth-order valence-electron chi connectivity index (χ4n) is 3.01. The van der Waals surface area contributed by atoms with Gasteiger partial charge in [-0.2, -0.15) is 9.57 Å². The SMILES string of the molecule is CC(C)S(=O)(=O)N1CCCC1NCC(=O)N1C[C@@H](F)C[C@H]1C#N.Cl. The van der Waals surface area contributed by atoms with E-state index in [0.717, 1.165) is 6.42 Å². The summed E-state index contributed by atoms with van der Waals surface area (Å²) in [6, 6.07) is 1.19. The number of alkyl halides is 1. The average Bonchev–Trinajstić information content (AvgIpc) is 3.10. The monoisotopic (exact) mass is 382 g/mol. The Bertz CT molecular complexity index is 595. The van der Waals surface area contributed by atoms with E-state index in [0.29, 0.717) is 13.0 Å². The number of hydrogen-bond acceptors (Lipinski definition) is 5. The summed E-state index contributed by atoms with van der Waals surface area (Å²) in [7, 11) is -3.38. The van der Waals surface area contributed by atoms with Crippen molar-refractivity contribution in [2.75, 3.05) is 19.6 Å². The molecule has 2 aliphatic rings. The third-order valence-electron chi connectivity index (χ3n) is 4.33. The van der Waals surface area contributed by atoms with E-state index in [1.54, 1.807) is 13.8 Å². The number of halogens is 2. The lowest BCUT2D eigenvalue weighted by atomic mass is 10.2. The number of rotatable bonds is 5. The highest BCUT2D eigenvalue weighted by atomic mass is 35.5. The summed E-state index contributed by atoms with van der Waals surface area (Å²) >= 11 is 0. The summed E-state index contributed by atoms with van der Waals surface area (Å²) in [4.78, 5) is 13.4. The highest BCUT2D eigenvalue weighted by Crippen LogP contribution is 2.23. The van der Waals surface area contributed by atoms with Gasteiger partial charge in [-0.1, -0.05) is 0 Å². The van der Waals surface area contributed by atoms with E-state index in [1.807, 2.05) is 6.07 Å². The minimum absolute atomic E-state index is 0. The normalized spacial score (nSPS) is 28.0. The van der Waals surface area contributed by atoms with Crippen molar-refractivity contribution in [1.29, 1.82) is 5.26 Å². The number of carbonyl (C=O) groups excluding carboxylic acids is 1. The number of sulfonamides is 1. The van der Waals surface area contributed by atoms with Crippen molar-refractivity contribution in [2.45, 2.75) is 56.7 Å². The Balaban J connectivity index is 0.00000288. The Hall–Kier alpha value is -0.950. The fraction of sp³-hybridized carbons (Fsp3) is 0.857. The fourth-order valence-corrected chi connectivity index (χ4v) is 4.47. The summed E-state index contributed by atoms with van der Waals surface area (Å²) in [6.45, 7) is 3.51. The average molecular weight is 383 g/mol. The van der Waals surface area contributed by atoms with Gasteiger partial charge < -0.3 is 4.90 Å². The van der Waals surface area contributed by atoms with Gasteiger partial charge in [0.2, 0.25) is 15.9 Å². The molecule has 2 rings (SSSR count). The molecule has 0 aromatic rings. The maximum absolute atomic E-state index is 13.4. The van der Waals surface area contributed by atoms with Gasteiger partial charge in [-0.3, -0.25) is 10.1 Å². The number of amides is 1. The zero-order chi connectivity index (χ0) is 17.2. The number of nitrogens with one attached hydrogen (secondary N) is 1. The van der Waals surface area contributed by atoms with Gasteiger partial charge in [-0.25, -0.2) is 12.8 Å².